The monoisotopic (exact) mass is 274 g/mol. The number of aryl methyl sites for hydroxylation is 2. The maximum atomic E-state index is 6.09. The number of hydrogen-bond donors (Lipinski definition) is 1. The van der Waals surface area contributed by atoms with Crippen molar-refractivity contribution < 1.29 is 4.42 Å². The summed E-state index contributed by atoms with van der Waals surface area (Å²) in [6, 6.07) is 0. The summed E-state index contributed by atoms with van der Waals surface area (Å²) in [6.07, 6.45) is 9.27. The van der Waals surface area contributed by atoms with Crippen LogP contribution >= 0.6 is 0 Å². The molecule has 0 amide bonds. The van der Waals surface area contributed by atoms with Gasteiger partial charge in [0.15, 0.2) is 5.89 Å². The van der Waals surface area contributed by atoms with Crippen LogP contribution in [0.15, 0.2) is 4.42 Å². The molecule has 1 aromatic rings. The summed E-state index contributed by atoms with van der Waals surface area (Å²) in [5.74, 6) is 6.53. The normalized spacial score (nSPS) is 38.6. The van der Waals surface area contributed by atoms with Gasteiger partial charge in [0.25, 0.3) is 0 Å². The van der Waals surface area contributed by atoms with Crippen molar-refractivity contribution in [1.29, 1.82) is 0 Å². The first-order valence-electron chi connectivity index (χ1n) is 8.41. The van der Waals surface area contributed by atoms with Crippen LogP contribution in [0.1, 0.15) is 61.8 Å². The second-order valence-electron chi connectivity index (χ2n) is 7.39. The fraction of sp³-hybridized carbons (Fsp3) is 0.824. The molecule has 0 aliphatic heterocycles. The Morgan fingerprint density at radius 3 is 2.35 bits per heavy atom. The van der Waals surface area contributed by atoms with Gasteiger partial charge in [0, 0.05) is 12.8 Å². The van der Waals surface area contributed by atoms with Crippen molar-refractivity contribution in [2.45, 2.75) is 57.8 Å². The van der Waals surface area contributed by atoms with E-state index in [0.717, 1.165) is 48.9 Å². The standard InChI is InChI=1S/C17H26N2O/c1-10-19-15(3-2-4-18)17(20-10)16-13-6-11-5-12(8-13)9-14(16)7-11/h11-14,16H,2-9,18H2,1H3. The van der Waals surface area contributed by atoms with Gasteiger partial charge in [0.2, 0.25) is 0 Å². The Bertz CT molecular complexity index is 465. The van der Waals surface area contributed by atoms with E-state index < -0.39 is 0 Å². The molecule has 4 bridgehead atoms. The maximum Gasteiger partial charge on any atom is 0.191 e. The highest BCUT2D eigenvalue weighted by Gasteiger charge is 2.50. The van der Waals surface area contributed by atoms with Gasteiger partial charge in [0.1, 0.15) is 5.76 Å². The van der Waals surface area contributed by atoms with E-state index >= 15 is 0 Å². The maximum absolute atomic E-state index is 6.09. The molecule has 4 saturated carbocycles. The molecule has 1 aromatic heterocycles. The molecule has 0 radical (unpaired) electrons. The lowest BCUT2D eigenvalue weighted by Gasteiger charge is -2.53. The molecule has 5 rings (SSSR count). The first-order chi connectivity index (χ1) is 9.74. The average molecular weight is 274 g/mol. The minimum atomic E-state index is 0.664. The molecule has 2 N–H and O–H groups in total. The Hall–Kier alpha value is -0.830. The topological polar surface area (TPSA) is 52.0 Å². The highest BCUT2D eigenvalue weighted by Crippen LogP contribution is 2.60. The van der Waals surface area contributed by atoms with Gasteiger partial charge < -0.3 is 10.2 Å². The first-order valence-corrected chi connectivity index (χ1v) is 8.41. The highest BCUT2D eigenvalue weighted by atomic mass is 16.4. The van der Waals surface area contributed by atoms with Crippen molar-refractivity contribution in [3.05, 3.63) is 17.3 Å². The molecule has 1 heterocycles. The van der Waals surface area contributed by atoms with Gasteiger partial charge >= 0.3 is 0 Å². The lowest BCUT2D eigenvalue weighted by atomic mass is 9.51. The van der Waals surface area contributed by atoms with Crippen molar-refractivity contribution in [3.63, 3.8) is 0 Å². The molecule has 0 saturated heterocycles. The van der Waals surface area contributed by atoms with E-state index in [2.05, 4.69) is 4.98 Å². The molecule has 4 fully saturated rings. The van der Waals surface area contributed by atoms with Crippen LogP contribution in [0, 0.1) is 30.6 Å². The second-order valence-corrected chi connectivity index (χ2v) is 7.39. The van der Waals surface area contributed by atoms with E-state index in [4.69, 9.17) is 10.2 Å². The molecular weight excluding hydrogens is 248 g/mol. The molecule has 0 unspecified atom stereocenters. The Balaban J connectivity index is 1.64. The minimum Gasteiger partial charge on any atom is -0.445 e. The highest BCUT2D eigenvalue weighted by molar-refractivity contribution is 5.21. The summed E-state index contributed by atoms with van der Waals surface area (Å²) < 4.78 is 6.09. The lowest BCUT2D eigenvalue weighted by Crippen LogP contribution is -2.43. The predicted octanol–water partition coefficient (Wildman–Crippen LogP) is 3.41. The zero-order valence-electron chi connectivity index (χ0n) is 12.5. The third kappa shape index (κ3) is 2.02. The molecule has 110 valence electrons. The van der Waals surface area contributed by atoms with Crippen molar-refractivity contribution in [1.82, 2.24) is 4.98 Å². The van der Waals surface area contributed by atoms with E-state index in [1.54, 1.807) is 0 Å². The molecule has 0 spiro atoms. The Morgan fingerprint density at radius 1 is 1.10 bits per heavy atom. The third-order valence-corrected chi connectivity index (χ3v) is 5.98. The van der Waals surface area contributed by atoms with Gasteiger partial charge in [-0.15, -0.1) is 0 Å². The van der Waals surface area contributed by atoms with E-state index in [-0.39, 0.29) is 0 Å². The summed E-state index contributed by atoms with van der Waals surface area (Å²) >= 11 is 0. The zero-order chi connectivity index (χ0) is 13.7. The molecule has 4 aliphatic carbocycles. The predicted molar refractivity (Wildman–Crippen MR) is 78.4 cm³/mol. The van der Waals surface area contributed by atoms with Gasteiger partial charge in [-0.3, -0.25) is 0 Å². The van der Waals surface area contributed by atoms with E-state index in [0.29, 0.717) is 5.92 Å². The van der Waals surface area contributed by atoms with Gasteiger partial charge in [-0.1, -0.05) is 0 Å². The zero-order valence-corrected chi connectivity index (χ0v) is 12.5. The molecule has 20 heavy (non-hydrogen) atoms. The largest absolute Gasteiger partial charge is 0.445 e. The van der Waals surface area contributed by atoms with Crippen LogP contribution in [0.4, 0.5) is 0 Å². The average Bonchev–Trinajstić information content (AvgIpc) is 2.76. The number of oxazole rings is 1. The minimum absolute atomic E-state index is 0.664. The number of aromatic nitrogens is 1. The molecule has 0 aromatic carbocycles. The van der Waals surface area contributed by atoms with Crippen LogP contribution < -0.4 is 5.73 Å². The van der Waals surface area contributed by atoms with Crippen molar-refractivity contribution in [2.24, 2.45) is 29.4 Å². The lowest BCUT2D eigenvalue weighted by molar-refractivity contribution is -0.0102. The Labute approximate surface area is 121 Å². The summed E-state index contributed by atoms with van der Waals surface area (Å²) in [5.41, 5.74) is 6.88. The Morgan fingerprint density at radius 2 is 1.75 bits per heavy atom. The third-order valence-electron chi connectivity index (χ3n) is 5.98. The summed E-state index contributed by atoms with van der Waals surface area (Å²) in [6.45, 7) is 2.73. The second kappa shape index (κ2) is 4.87. The van der Waals surface area contributed by atoms with Crippen molar-refractivity contribution in [2.75, 3.05) is 6.54 Å². The summed E-state index contributed by atoms with van der Waals surface area (Å²) in [7, 11) is 0. The number of nitrogens with zero attached hydrogens (tertiary/aromatic N) is 1. The van der Waals surface area contributed by atoms with Crippen molar-refractivity contribution in [3.8, 4) is 0 Å². The molecule has 3 nitrogen and oxygen atoms in total. The van der Waals surface area contributed by atoms with Crippen LogP contribution in [0.2, 0.25) is 0 Å². The quantitative estimate of drug-likeness (QED) is 0.915. The summed E-state index contributed by atoms with van der Waals surface area (Å²) in [5, 5.41) is 0. The Kier molecular flexibility index (Phi) is 3.13. The van der Waals surface area contributed by atoms with Crippen LogP contribution in [-0.2, 0) is 6.42 Å². The van der Waals surface area contributed by atoms with Crippen LogP contribution in [0.5, 0.6) is 0 Å². The number of nitrogens with two attached hydrogens (primary N) is 1. The van der Waals surface area contributed by atoms with Gasteiger partial charge in [-0.25, -0.2) is 4.98 Å². The molecule has 3 heteroatoms. The molecule has 4 aliphatic rings. The van der Waals surface area contributed by atoms with Crippen LogP contribution in [0.25, 0.3) is 0 Å². The van der Waals surface area contributed by atoms with E-state index in [1.165, 1.54) is 43.6 Å². The van der Waals surface area contributed by atoms with Crippen LogP contribution in [0.3, 0.4) is 0 Å². The molecule has 0 atom stereocenters. The van der Waals surface area contributed by atoms with E-state index in [9.17, 15) is 0 Å². The summed E-state index contributed by atoms with van der Waals surface area (Å²) in [4.78, 5) is 4.66. The van der Waals surface area contributed by atoms with Crippen molar-refractivity contribution >= 4 is 0 Å². The first kappa shape index (κ1) is 12.9. The number of rotatable bonds is 4. The molecular formula is C17H26N2O. The smallest absolute Gasteiger partial charge is 0.191 e. The fourth-order valence-corrected chi connectivity index (χ4v) is 5.55. The van der Waals surface area contributed by atoms with Gasteiger partial charge in [0.05, 0.1) is 5.69 Å². The fourth-order valence-electron chi connectivity index (χ4n) is 5.55. The van der Waals surface area contributed by atoms with E-state index in [1.807, 2.05) is 6.92 Å². The SMILES string of the molecule is Cc1nc(CCCN)c(C2C3CC4CC(C3)CC2C4)o1. The van der Waals surface area contributed by atoms with Crippen LogP contribution in [-0.4, -0.2) is 11.5 Å². The number of hydrogen-bond acceptors (Lipinski definition) is 3. The van der Waals surface area contributed by atoms with Gasteiger partial charge in [-0.05, 0) is 75.2 Å². The van der Waals surface area contributed by atoms with Gasteiger partial charge in [-0.2, -0.15) is 0 Å².